The average molecular weight is 437 g/mol. The normalized spacial score (nSPS) is 21.2. The molecule has 0 aliphatic carbocycles. The second kappa shape index (κ2) is 7.16. The predicted octanol–water partition coefficient (Wildman–Crippen LogP) is 4.10. The monoisotopic (exact) mass is 436 g/mol. The molecule has 140 valence electrons. The van der Waals surface area contributed by atoms with Crippen molar-refractivity contribution in [1.82, 2.24) is 0 Å². The molecule has 2 amide bonds. The maximum atomic E-state index is 13.1. The van der Waals surface area contributed by atoms with Gasteiger partial charge in [0.05, 0.1) is 28.4 Å². The zero-order chi connectivity index (χ0) is 19.8. The Morgan fingerprint density at radius 2 is 1.39 bits per heavy atom. The highest BCUT2D eigenvalue weighted by Gasteiger charge is 2.41. The van der Waals surface area contributed by atoms with Gasteiger partial charge in [0, 0.05) is 4.48 Å². The maximum absolute atomic E-state index is 13.1. The van der Waals surface area contributed by atoms with Crippen LogP contribution in [0, 0.1) is 5.92 Å². The third-order valence-corrected chi connectivity index (χ3v) is 5.50. The van der Waals surface area contributed by atoms with Gasteiger partial charge in [-0.3, -0.25) is 9.59 Å². The first-order valence-corrected chi connectivity index (χ1v) is 9.57. The van der Waals surface area contributed by atoms with Crippen LogP contribution in [0.25, 0.3) is 0 Å². The number of hydrogen-bond donors (Lipinski definition) is 0. The van der Waals surface area contributed by atoms with E-state index in [0.29, 0.717) is 32.9 Å². The van der Waals surface area contributed by atoms with Crippen molar-refractivity contribution in [3.63, 3.8) is 0 Å². The minimum Gasteiger partial charge on any atom is -0.271 e. The summed E-state index contributed by atoms with van der Waals surface area (Å²) >= 11 is 3.52. The Hall–Kier alpha value is -3.06. The fourth-order valence-corrected chi connectivity index (χ4v) is 4.26. The number of rotatable bonds is 3. The summed E-state index contributed by atoms with van der Waals surface area (Å²) in [5.74, 6) is -1.13. The van der Waals surface area contributed by atoms with E-state index in [1.54, 1.807) is 13.8 Å². The van der Waals surface area contributed by atoms with Crippen molar-refractivity contribution in [2.24, 2.45) is 16.1 Å². The molecule has 0 bridgehead atoms. The van der Waals surface area contributed by atoms with E-state index in [-0.39, 0.29) is 11.8 Å². The number of benzene rings is 2. The summed E-state index contributed by atoms with van der Waals surface area (Å²) in [5, 5.41) is 11.5. The topological polar surface area (TPSA) is 65.3 Å². The lowest BCUT2D eigenvalue weighted by molar-refractivity contribution is -0.118. The second-order valence-corrected chi connectivity index (χ2v) is 7.38. The van der Waals surface area contributed by atoms with Gasteiger partial charge in [-0.05, 0) is 38.1 Å². The molecule has 2 aliphatic rings. The molecule has 0 radical (unpaired) electrons. The van der Waals surface area contributed by atoms with Gasteiger partial charge in [0.25, 0.3) is 11.8 Å². The number of carbonyl (C=O) groups excluding carboxylic acids is 2. The Kier molecular flexibility index (Phi) is 4.68. The number of hydrogen-bond acceptors (Lipinski definition) is 4. The molecule has 7 heteroatoms. The van der Waals surface area contributed by atoms with Crippen molar-refractivity contribution in [2.45, 2.75) is 13.8 Å². The molecule has 4 rings (SSSR count). The van der Waals surface area contributed by atoms with Crippen molar-refractivity contribution >= 4 is 50.5 Å². The highest BCUT2D eigenvalue weighted by Crippen LogP contribution is 2.35. The van der Waals surface area contributed by atoms with E-state index in [2.05, 4.69) is 26.1 Å². The molecule has 0 saturated carbocycles. The van der Waals surface area contributed by atoms with E-state index in [4.69, 9.17) is 0 Å². The molecule has 0 unspecified atom stereocenters. The van der Waals surface area contributed by atoms with Crippen molar-refractivity contribution in [3.8, 4) is 0 Å². The van der Waals surface area contributed by atoms with Crippen LogP contribution in [0.2, 0.25) is 0 Å². The van der Waals surface area contributed by atoms with E-state index in [9.17, 15) is 9.59 Å². The van der Waals surface area contributed by atoms with Crippen LogP contribution >= 0.6 is 15.9 Å². The summed E-state index contributed by atoms with van der Waals surface area (Å²) in [5.41, 5.74) is 2.93. The van der Waals surface area contributed by atoms with E-state index >= 15 is 0 Å². The molecule has 0 fully saturated rings. The van der Waals surface area contributed by atoms with Crippen molar-refractivity contribution in [2.75, 3.05) is 10.0 Å². The van der Waals surface area contributed by atoms with Gasteiger partial charge in [-0.25, -0.2) is 0 Å². The fourth-order valence-electron chi connectivity index (χ4n) is 3.28. The van der Waals surface area contributed by atoms with Crippen LogP contribution in [-0.4, -0.2) is 23.2 Å². The average Bonchev–Trinajstić information content (AvgIpc) is 3.17. The first kappa shape index (κ1) is 18.3. The zero-order valence-corrected chi connectivity index (χ0v) is 16.9. The molecule has 2 aromatic rings. The van der Waals surface area contributed by atoms with Crippen LogP contribution in [0.1, 0.15) is 13.8 Å². The fraction of sp³-hybridized carbons (Fsp3) is 0.143. The number of anilines is 2. The first-order chi connectivity index (χ1) is 13.5. The number of halogens is 1. The first-order valence-electron chi connectivity index (χ1n) is 8.78. The Morgan fingerprint density at radius 3 is 1.96 bits per heavy atom. The standard InChI is InChI=1S/C21H17BrN4O2/c1-13-17(20(27)25(23-13)15-9-5-3-6-10-15)19(22)18-14(2)24-26(21(18)28)16-11-7-4-8-12-16/h3-12,17H,1-2H3/t17-/m1/s1. The lowest BCUT2D eigenvalue weighted by atomic mass is 9.98. The quantitative estimate of drug-likeness (QED) is 0.679. The molecule has 2 aromatic carbocycles. The summed E-state index contributed by atoms with van der Waals surface area (Å²) in [4.78, 5) is 26.1. The van der Waals surface area contributed by atoms with Gasteiger partial charge < -0.3 is 0 Å². The van der Waals surface area contributed by atoms with Crippen molar-refractivity contribution in [3.05, 3.63) is 70.7 Å². The van der Waals surface area contributed by atoms with E-state index in [0.717, 1.165) is 0 Å². The zero-order valence-electron chi connectivity index (χ0n) is 15.3. The number of nitrogens with zero attached hydrogens (tertiary/aromatic N) is 4. The molecule has 1 atom stereocenters. The van der Waals surface area contributed by atoms with Gasteiger partial charge in [0.1, 0.15) is 5.92 Å². The van der Waals surface area contributed by atoms with E-state index < -0.39 is 5.92 Å². The summed E-state index contributed by atoms with van der Waals surface area (Å²) < 4.78 is 0.488. The smallest absolute Gasteiger partial charge is 0.271 e. The Bertz CT molecular complexity index is 1040. The summed E-state index contributed by atoms with van der Waals surface area (Å²) in [6.07, 6.45) is 0. The number of hydrazone groups is 2. The van der Waals surface area contributed by atoms with Gasteiger partial charge in [-0.15, -0.1) is 0 Å². The summed E-state index contributed by atoms with van der Waals surface area (Å²) in [6.45, 7) is 3.55. The summed E-state index contributed by atoms with van der Waals surface area (Å²) in [6, 6.07) is 18.4. The molecule has 28 heavy (non-hydrogen) atoms. The minimum atomic E-state index is -0.653. The third kappa shape index (κ3) is 2.97. The molecule has 0 N–H and O–H groups in total. The highest BCUT2D eigenvalue weighted by molar-refractivity contribution is 9.11. The van der Waals surface area contributed by atoms with Gasteiger partial charge >= 0.3 is 0 Å². The second-order valence-electron chi connectivity index (χ2n) is 6.52. The molecule has 0 aromatic heterocycles. The molecule has 2 heterocycles. The lowest BCUT2D eigenvalue weighted by Crippen LogP contribution is -2.29. The lowest BCUT2D eigenvalue weighted by Gasteiger charge is -2.16. The minimum absolute atomic E-state index is 0.207. The van der Waals surface area contributed by atoms with Gasteiger partial charge in [-0.2, -0.15) is 20.2 Å². The van der Waals surface area contributed by atoms with Crippen LogP contribution in [0.5, 0.6) is 0 Å². The Labute approximate surface area is 171 Å². The molecule has 2 aliphatic heterocycles. The maximum Gasteiger partial charge on any atom is 0.281 e. The molecule has 0 spiro atoms. The van der Waals surface area contributed by atoms with Gasteiger partial charge in [0.15, 0.2) is 0 Å². The molecule has 0 saturated heterocycles. The van der Waals surface area contributed by atoms with Crippen LogP contribution in [0.4, 0.5) is 11.4 Å². The van der Waals surface area contributed by atoms with Crippen LogP contribution in [0.15, 0.2) is 80.9 Å². The predicted molar refractivity (Wildman–Crippen MR) is 114 cm³/mol. The number of amides is 2. The Morgan fingerprint density at radius 1 is 0.857 bits per heavy atom. The van der Waals surface area contributed by atoms with Crippen molar-refractivity contribution in [1.29, 1.82) is 0 Å². The Balaban J connectivity index is 1.69. The number of carbonyl (C=O) groups is 2. The molecular formula is C21H17BrN4O2. The van der Waals surface area contributed by atoms with E-state index in [1.165, 1.54) is 10.0 Å². The SMILES string of the molecule is CC1=NN(c2ccccc2)C(=O)C1=C(Br)[C@@H]1C(=O)N(c2ccccc2)N=C1C. The largest absolute Gasteiger partial charge is 0.281 e. The number of para-hydroxylation sites is 2. The van der Waals surface area contributed by atoms with Crippen LogP contribution in [-0.2, 0) is 9.59 Å². The van der Waals surface area contributed by atoms with E-state index in [1.807, 2.05) is 60.7 Å². The molecular weight excluding hydrogens is 420 g/mol. The van der Waals surface area contributed by atoms with Gasteiger partial charge in [0.2, 0.25) is 0 Å². The molecule has 6 nitrogen and oxygen atoms in total. The third-order valence-electron chi connectivity index (χ3n) is 4.64. The van der Waals surface area contributed by atoms with Gasteiger partial charge in [-0.1, -0.05) is 52.3 Å². The highest BCUT2D eigenvalue weighted by atomic mass is 79.9. The van der Waals surface area contributed by atoms with Crippen LogP contribution < -0.4 is 10.0 Å². The van der Waals surface area contributed by atoms with Crippen molar-refractivity contribution < 1.29 is 9.59 Å². The van der Waals surface area contributed by atoms with Crippen LogP contribution in [0.3, 0.4) is 0 Å². The summed E-state index contributed by atoms with van der Waals surface area (Å²) in [7, 11) is 0.